The highest BCUT2D eigenvalue weighted by Crippen LogP contribution is 2.34. The van der Waals surface area contributed by atoms with Crippen LogP contribution in [-0.4, -0.2) is 11.6 Å². The Morgan fingerprint density at radius 1 is 1.17 bits per heavy atom. The second kappa shape index (κ2) is 5.11. The molecular weight excluding hydrogens is 339 g/mol. The first-order chi connectivity index (χ1) is 8.41. The van der Waals surface area contributed by atoms with Gasteiger partial charge in [0, 0.05) is 15.9 Å². The Balaban J connectivity index is 2.53. The van der Waals surface area contributed by atoms with E-state index in [4.69, 9.17) is 0 Å². The van der Waals surface area contributed by atoms with Crippen molar-refractivity contribution in [2.75, 3.05) is 0 Å². The second-order valence-corrected chi connectivity index (χ2v) is 6.44. The van der Waals surface area contributed by atoms with Gasteiger partial charge in [-0.15, -0.1) is 0 Å². The summed E-state index contributed by atoms with van der Waals surface area (Å²) in [6, 6.07) is 4.09. The molecule has 96 valence electrons. The van der Waals surface area contributed by atoms with Gasteiger partial charge in [-0.3, -0.25) is 9.59 Å². The monoisotopic (exact) mass is 356 g/mol. The molecular formula is C15H17IO2. The molecule has 0 aliphatic heterocycles. The molecule has 1 fully saturated rings. The lowest BCUT2D eigenvalue weighted by atomic mass is 9.74. The highest BCUT2D eigenvalue weighted by atomic mass is 127. The quantitative estimate of drug-likeness (QED) is 0.570. The zero-order valence-electron chi connectivity index (χ0n) is 10.9. The van der Waals surface area contributed by atoms with Crippen LogP contribution < -0.4 is 0 Å². The molecule has 0 saturated heterocycles. The molecule has 18 heavy (non-hydrogen) atoms. The van der Waals surface area contributed by atoms with Gasteiger partial charge in [-0.1, -0.05) is 6.92 Å². The van der Waals surface area contributed by atoms with Crippen LogP contribution >= 0.6 is 22.6 Å². The van der Waals surface area contributed by atoms with Gasteiger partial charge in [0.25, 0.3) is 0 Å². The molecule has 2 unspecified atom stereocenters. The average molecular weight is 356 g/mol. The van der Waals surface area contributed by atoms with Crippen molar-refractivity contribution in [3.63, 3.8) is 0 Å². The Bertz CT molecular complexity index is 496. The van der Waals surface area contributed by atoms with Crippen LogP contribution in [-0.2, 0) is 9.59 Å². The molecule has 1 saturated carbocycles. The molecule has 1 aliphatic carbocycles. The lowest BCUT2D eigenvalue weighted by molar-refractivity contribution is -0.134. The summed E-state index contributed by atoms with van der Waals surface area (Å²) in [4.78, 5) is 24.4. The first kappa shape index (κ1) is 13.7. The van der Waals surface area contributed by atoms with Crippen LogP contribution in [0.15, 0.2) is 12.1 Å². The van der Waals surface area contributed by atoms with E-state index in [0.29, 0.717) is 12.8 Å². The third-order valence-corrected chi connectivity index (χ3v) is 4.39. The fourth-order valence-electron chi connectivity index (χ4n) is 2.77. The molecule has 2 atom stereocenters. The average Bonchev–Trinajstić information content (AvgIpc) is 2.27. The molecule has 1 aromatic carbocycles. The van der Waals surface area contributed by atoms with E-state index in [-0.39, 0.29) is 17.5 Å². The number of hydrogen-bond donors (Lipinski definition) is 0. The summed E-state index contributed by atoms with van der Waals surface area (Å²) in [6.07, 6.45) is 1.24. The molecule has 0 amide bonds. The van der Waals surface area contributed by atoms with E-state index in [2.05, 4.69) is 22.6 Å². The van der Waals surface area contributed by atoms with E-state index < -0.39 is 5.92 Å². The van der Waals surface area contributed by atoms with Crippen molar-refractivity contribution in [2.45, 2.75) is 39.5 Å². The van der Waals surface area contributed by atoms with Gasteiger partial charge in [0.1, 0.15) is 11.7 Å². The lowest BCUT2D eigenvalue weighted by Gasteiger charge is -2.27. The first-order valence-electron chi connectivity index (χ1n) is 6.25. The van der Waals surface area contributed by atoms with Crippen LogP contribution in [0.1, 0.15) is 42.4 Å². The van der Waals surface area contributed by atoms with Crippen LogP contribution in [0, 0.1) is 23.3 Å². The summed E-state index contributed by atoms with van der Waals surface area (Å²) < 4.78 is 1.15. The molecule has 0 radical (unpaired) electrons. The van der Waals surface area contributed by atoms with E-state index in [1.54, 1.807) is 0 Å². The molecule has 1 aliphatic rings. The topological polar surface area (TPSA) is 34.1 Å². The maximum atomic E-state index is 12.3. The Morgan fingerprint density at radius 2 is 1.72 bits per heavy atom. The molecule has 0 N–H and O–H groups in total. The minimum atomic E-state index is -0.522. The van der Waals surface area contributed by atoms with Crippen molar-refractivity contribution in [3.8, 4) is 0 Å². The molecule has 0 aromatic heterocycles. The summed E-state index contributed by atoms with van der Waals surface area (Å²) >= 11 is 2.26. The summed E-state index contributed by atoms with van der Waals surface area (Å²) in [5, 5.41) is 0. The Kier molecular flexibility index (Phi) is 3.90. The predicted octanol–water partition coefficient (Wildman–Crippen LogP) is 3.56. The molecule has 3 heteroatoms. The molecule has 1 aromatic rings. The fourth-order valence-corrected chi connectivity index (χ4v) is 3.70. The van der Waals surface area contributed by atoms with E-state index >= 15 is 0 Å². The van der Waals surface area contributed by atoms with Gasteiger partial charge < -0.3 is 0 Å². The van der Waals surface area contributed by atoms with Gasteiger partial charge in [-0.25, -0.2) is 0 Å². The van der Waals surface area contributed by atoms with Gasteiger partial charge in [0.15, 0.2) is 5.78 Å². The third kappa shape index (κ3) is 2.37. The van der Waals surface area contributed by atoms with Gasteiger partial charge in [-0.05, 0) is 71.7 Å². The van der Waals surface area contributed by atoms with Crippen molar-refractivity contribution < 1.29 is 9.59 Å². The summed E-state index contributed by atoms with van der Waals surface area (Å²) in [7, 11) is 0. The van der Waals surface area contributed by atoms with Crippen molar-refractivity contribution >= 4 is 34.2 Å². The fraction of sp³-hybridized carbons (Fsp3) is 0.467. The summed E-state index contributed by atoms with van der Waals surface area (Å²) in [5.74, 6) is -0.333. The molecule has 0 bridgehead atoms. The third-order valence-electron chi connectivity index (χ3n) is 3.76. The van der Waals surface area contributed by atoms with Crippen LogP contribution in [0.5, 0.6) is 0 Å². The van der Waals surface area contributed by atoms with Crippen molar-refractivity contribution in [1.29, 1.82) is 0 Å². The van der Waals surface area contributed by atoms with Gasteiger partial charge >= 0.3 is 0 Å². The van der Waals surface area contributed by atoms with Crippen LogP contribution in [0.2, 0.25) is 0 Å². The standard InChI is InChI=1S/C15H17IO2/c1-8-4-5-12(17)14(15(8)18)13-9(2)6-11(16)7-10(13)3/h6-8,14H,4-5H2,1-3H3. The normalized spacial score (nSPS) is 24.4. The van der Waals surface area contributed by atoms with Crippen molar-refractivity contribution in [1.82, 2.24) is 0 Å². The number of Topliss-reactive ketones (excluding diaryl/α,β-unsaturated/α-hetero) is 2. The number of benzene rings is 1. The van der Waals surface area contributed by atoms with Crippen LogP contribution in [0.3, 0.4) is 0 Å². The maximum absolute atomic E-state index is 12.3. The number of rotatable bonds is 1. The highest BCUT2D eigenvalue weighted by Gasteiger charge is 2.37. The molecule has 2 nitrogen and oxygen atoms in total. The number of carbonyl (C=O) groups excluding carboxylic acids is 2. The SMILES string of the molecule is Cc1cc(I)cc(C)c1C1C(=O)CCC(C)C1=O. The Morgan fingerprint density at radius 3 is 2.28 bits per heavy atom. The van der Waals surface area contributed by atoms with Gasteiger partial charge in [0.2, 0.25) is 0 Å². The number of ketones is 2. The predicted molar refractivity (Wildman–Crippen MR) is 79.8 cm³/mol. The number of aryl methyl sites for hydroxylation is 2. The zero-order chi connectivity index (χ0) is 13.4. The van der Waals surface area contributed by atoms with Crippen LogP contribution in [0.25, 0.3) is 0 Å². The minimum Gasteiger partial charge on any atom is -0.299 e. The number of carbonyl (C=O) groups is 2. The number of halogens is 1. The summed E-state index contributed by atoms with van der Waals surface area (Å²) in [5.41, 5.74) is 3.05. The summed E-state index contributed by atoms with van der Waals surface area (Å²) in [6.45, 7) is 5.91. The molecule has 0 heterocycles. The van der Waals surface area contributed by atoms with E-state index in [9.17, 15) is 9.59 Å². The Labute approximate surface area is 121 Å². The first-order valence-corrected chi connectivity index (χ1v) is 7.32. The molecule has 2 rings (SSSR count). The number of hydrogen-bond acceptors (Lipinski definition) is 2. The minimum absolute atomic E-state index is 0.00535. The van der Waals surface area contributed by atoms with E-state index in [1.165, 1.54) is 0 Å². The van der Waals surface area contributed by atoms with Crippen molar-refractivity contribution in [3.05, 3.63) is 32.4 Å². The van der Waals surface area contributed by atoms with Gasteiger partial charge in [-0.2, -0.15) is 0 Å². The smallest absolute Gasteiger partial charge is 0.150 e. The van der Waals surface area contributed by atoms with Crippen LogP contribution in [0.4, 0.5) is 0 Å². The van der Waals surface area contributed by atoms with E-state index in [1.807, 2.05) is 32.9 Å². The van der Waals surface area contributed by atoms with Crippen molar-refractivity contribution in [2.24, 2.45) is 5.92 Å². The maximum Gasteiger partial charge on any atom is 0.150 e. The second-order valence-electron chi connectivity index (χ2n) is 5.19. The van der Waals surface area contributed by atoms with E-state index in [0.717, 1.165) is 20.3 Å². The molecule has 0 spiro atoms. The largest absolute Gasteiger partial charge is 0.299 e. The highest BCUT2D eigenvalue weighted by molar-refractivity contribution is 14.1. The zero-order valence-corrected chi connectivity index (χ0v) is 13.1. The van der Waals surface area contributed by atoms with Gasteiger partial charge in [0.05, 0.1) is 0 Å². The Hall–Kier alpha value is -0.710. The lowest BCUT2D eigenvalue weighted by Crippen LogP contribution is -2.33.